The van der Waals surface area contributed by atoms with E-state index >= 15 is 0 Å². The first-order valence-electron chi connectivity index (χ1n) is 8.15. The third-order valence-corrected chi connectivity index (χ3v) is 4.01. The number of carbonyl (C=O) groups is 1. The minimum Gasteiger partial charge on any atom is -0.494 e. The van der Waals surface area contributed by atoms with Gasteiger partial charge in [0, 0.05) is 0 Å². The fourth-order valence-electron chi connectivity index (χ4n) is 2.85. The van der Waals surface area contributed by atoms with E-state index < -0.39 is 5.82 Å². The van der Waals surface area contributed by atoms with E-state index in [4.69, 9.17) is 9.47 Å². The standard InChI is InChI=1S/C20H24FNO3/c1-12-8-13(2)20(14(3)9-12)25-11-19(23)22-15(4)16-6-7-18(24-5)17(21)10-16/h6-10,15H,11H2,1-5H3,(H,22,23)/t15-/m0/s1. The van der Waals surface area contributed by atoms with Crippen molar-refractivity contribution in [3.8, 4) is 11.5 Å². The van der Waals surface area contributed by atoms with Gasteiger partial charge in [-0.2, -0.15) is 0 Å². The smallest absolute Gasteiger partial charge is 0.258 e. The topological polar surface area (TPSA) is 47.6 Å². The average molecular weight is 345 g/mol. The van der Waals surface area contributed by atoms with Crippen molar-refractivity contribution in [2.75, 3.05) is 13.7 Å². The number of aryl methyl sites for hydroxylation is 3. The molecule has 0 heterocycles. The Kier molecular flexibility index (Phi) is 6.02. The predicted molar refractivity (Wildman–Crippen MR) is 95.7 cm³/mol. The number of rotatable bonds is 6. The maximum Gasteiger partial charge on any atom is 0.258 e. The van der Waals surface area contributed by atoms with Crippen molar-refractivity contribution in [3.63, 3.8) is 0 Å². The van der Waals surface area contributed by atoms with E-state index in [0.717, 1.165) is 22.4 Å². The van der Waals surface area contributed by atoms with Crippen molar-refractivity contribution in [2.45, 2.75) is 33.7 Å². The Balaban J connectivity index is 1.97. The summed E-state index contributed by atoms with van der Waals surface area (Å²) in [4.78, 5) is 12.1. The Morgan fingerprint density at radius 3 is 2.36 bits per heavy atom. The van der Waals surface area contributed by atoms with E-state index in [2.05, 4.69) is 5.32 Å². The second kappa shape index (κ2) is 8.01. The molecule has 2 rings (SSSR count). The molecule has 0 aliphatic carbocycles. The van der Waals surface area contributed by atoms with Gasteiger partial charge in [-0.1, -0.05) is 23.8 Å². The molecule has 0 unspecified atom stereocenters. The summed E-state index contributed by atoms with van der Waals surface area (Å²) in [6, 6.07) is 8.33. The summed E-state index contributed by atoms with van der Waals surface area (Å²) in [5.74, 6) is 0.186. The minimum absolute atomic E-state index is 0.0896. The highest BCUT2D eigenvalue weighted by molar-refractivity contribution is 5.78. The van der Waals surface area contributed by atoms with Gasteiger partial charge >= 0.3 is 0 Å². The summed E-state index contributed by atoms with van der Waals surface area (Å²) in [6.45, 7) is 7.63. The molecule has 0 aliphatic heterocycles. The minimum atomic E-state index is -0.455. The van der Waals surface area contributed by atoms with Gasteiger partial charge in [0.1, 0.15) is 5.75 Å². The highest BCUT2D eigenvalue weighted by Gasteiger charge is 2.14. The van der Waals surface area contributed by atoms with Crippen LogP contribution < -0.4 is 14.8 Å². The molecular formula is C20H24FNO3. The Morgan fingerprint density at radius 1 is 1.16 bits per heavy atom. The molecule has 25 heavy (non-hydrogen) atoms. The third kappa shape index (κ3) is 4.72. The molecule has 1 amide bonds. The fourth-order valence-corrected chi connectivity index (χ4v) is 2.85. The van der Waals surface area contributed by atoms with E-state index in [1.54, 1.807) is 19.1 Å². The summed E-state index contributed by atoms with van der Waals surface area (Å²) in [5, 5.41) is 2.81. The number of hydrogen-bond donors (Lipinski definition) is 1. The Labute approximate surface area is 148 Å². The molecular weight excluding hydrogens is 321 g/mol. The van der Waals surface area contributed by atoms with Crippen LogP contribution in [0.25, 0.3) is 0 Å². The molecule has 5 heteroatoms. The lowest BCUT2D eigenvalue weighted by atomic mass is 10.1. The molecule has 0 aliphatic rings. The van der Waals surface area contributed by atoms with Gasteiger partial charge in [0.2, 0.25) is 0 Å². The van der Waals surface area contributed by atoms with Crippen LogP contribution in [-0.4, -0.2) is 19.6 Å². The SMILES string of the molecule is COc1ccc([C@H](C)NC(=O)COc2c(C)cc(C)cc2C)cc1F. The van der Waals surface area contributed by atoms with Crippen LogP contribution in [0.4, 0.5) is 4.39 Å². The number of ether oxygens (including phenoxy) is 2. The van der Waals surface area contributed by atoms with Crippen molar-refractivity contribution < 1.29 is 18.7 Å². The monoisotopic (exact) mass is 345 g/mol. The first-order chi connectivity index (χ1) is 11.8. The number of nitrogens with one attached hydrogen (secondary N) is 1. The lowest BCUT2D eigenvalue weighted by molar-refractivity contribution is -0.123. The molecule has 0 saturated carbocycles. The number of hydrogen-bond acceptors (Lipinski definition) is 3. The molecule has 0 aromatic heterocycles. The zero-order valence-corrected chi connectivity index (χ0v) is 15.3. The van der Waals surface area contributed by atoms with Gasteiger partial charge in [-0.05, 0) is 56.5 Å². The van der Waals surface area contributed by atoms with Gasteiger partial charge < -0.3 is 14.8 Å². The van der Waals surface area contributed by atoms with Gasteiger partial charge in [-0.15, -0.1) is 0 Å². The fraction of sp³-hybridized carbons (Fsp3) is 0.350. The summed E-state index contributed by atoms with van der Waals surface area (Å²) < 4.78 is 24.3. The third-order valence-electron chi connectivity index (χ3n) is 4.01. The van der Waals surface area contributed by atoms with Crippen LogP contribution in [0.15, 0.2) is 30.3 Å². The van der Waals surface area contributed by atoms with E-state index in [0.29, 0.717) is 5.56 Å². The van der Waals surface area contributed by atoms with Gasteiger partial charge in [0.15, 0.2) is 18.2 Å². The average Bonchev–Trinajstić information content (AvgIpc) is 2.53. The number of carbonyl (C=O) groups excluding carboxylic acids is 1. The molecule has 2 aromatic rings. The van der Waals surface area contributed by atoms with Gasteiger partial charge in [-0.3, -0.25) is 4.79 Å². The zero-order chi connectivity index (χ0) is 18.6. The van der Waals surface area contributed by atoms with Crippen molar-refractivity contribution in [1.29, 1.82) is 0 Å². The highest BCUT2D eigenvalue weighted by Crippen LogP contribution is 2.25. The maximum absolute atomic E-state index is 13.8. The Hall–Kier alpha value is -2.56. The van der Waals surface area contributed by atoms with Crippen LogP contribution in [0.2, 0.25) is 0 Å². The second-order valence-electron chi connectivity index (χ2n) is 6.20. The summed E-state index contributed by atoms with van der Waals surface area (Å²) in [5.41, 5.74) is 3.81. The van der Waals surface area contributed by atoms with Crippen LogP contribution in [-0.2, 0) is 4.79 Å². The highest BCUT2D eigenvalue weighted by atomic mass is 19.1. The molecule has 4 nitrogen and oxygen atoms in total. The Morgan fingerprint density at radius 2 is 1.80 bits per heavy atom. The molecule has 0 spiro atoms. The van der Waals surface area contributed by atoms with E-state index in [9.17, 15) is 9.18 Å². The molecule has 0 saturated heterocycles. The van der Waals surface area contributed by atoms with Crippen LogP contribution in [0.1, 0.15) is 35.2 Å². The molecule has 1 atom stereocenters. The van der Waals surface area contributed by atoms with Gasteiger partial charge in [0.25, 0.3) is 5.91 Å². The summed E-state index contributed by atoms with van der Waals surface area (Å²) >= 11 is 0. The van der Waals surface area contributed by atoms with Crippen LogP contribution in [0.3, 0.4) is 0 Å². The number of halogens is 1. The van der Waals surface area contributed by atoms with E-state index in [1.165, 1.54) is 13.2 Å². The number of amides is 1. The molecule has 2 aromatic carbocycles. The maximum atomic E-state index is 13.8. The number of benzene rings is 2. The second-order valence-corrected chi connectivity index (χ2v) is 6.20. The van der Waals surface area contributed by atoms with Gasteiger partial charge in [-0.25, -0.2) is 4.39 Å². The summed E-state index contributed by atoms with van der Waals surface area (Å²) in [7, 11) is 1.41. The molecule has 0 radical (unpaired) electrons. The first kappa shape index (κ1) is 18.8. The summed E-state index contributed by atoms with van der Waals surface area (Å²) in [6.07, 6.45) is 0. The first-order valence-corrected chi connectivity index (χ1v) is 8.15. The normalized spacial score (nSPS) is 11.8. The molecule has 134 valence electrons. The van der Waals surface area contributed by atoms with E-state index in [-0.39, 0.29) is 24.3 Å². The van der Waals surface area contributed by atoms with Crippen molar-refractivity contribution in [1.82, 2.24) is 5.32 Å². The lowest BCUT2D eigenvalue weighted by Crippen LogP contribution is -2.31. The van der Waals surface area contributed by atoms with Crippen LogP contribution >= 0.6 is 0 Å². The molecule has 0 bridgehead atoms. The Bertz CT molecular complexity index is 751. The van der Waals surface area contributed by atoms with Crippen LogP contribution in [0, 0.1) is 26.6 Å². The van der Waals surface area contributed by atoms with Crippen LogP contribution in [0.5, 0.6) is 11.5 Å². The number of methoxy groups -OCH3 is 1. The lowest BCUT2D eigenvalue weighted by Gasteiger charge is -2.17. The van der Waals surface area contributed by atoms with Crippen molar-refractivity contribution in [3.05, 3.63) is 58.4 Å². The van der Waals surface area contributed by atoms with E-state index in [1.807, 2.05) is 32.9 Å². The molecule has 0 fully saturated rings. The van der Waals surface area contributed by atoms with Crippen molar-refractivity contribution in [2.24, 2.45) is 0 Å². The molecule has 1 N–H and O–H groups in total. The van der Waals surface area contributed by atoms with Crippen molar-refractivity contribution >= 4 is 5.91 Å². The quantitative estimate of drug-likeness (QED) is 0.860. The predicted octanol–water partition coefficient (Wildman–Crippen LogP) is 4.02. The largest absolute Gasteiger partial charge is 0.494 e. The zero-order valence-electron chi connectivity index (χ0n) is 15.3. The van der Waals surface area contributed by atoms with Gasteiger partial charge in [0.05, 0.1) is 13.2 Å².